The van der Waals surface area contributed by atoms with E-state index < -0.39 is 0 Å². The van der Waals surface area contributed by atoms with Gasteiger partial charge in [-0.2, -0.15) is 0 Å². The maximum Gasteiger partial charge on any atom is 0.260 e. The van der Waals surface area contributed by atoms with Crippen LogP contribution in [-0.2, 0) is 24.2 Å². The molecule has 0 saturated heterocycles. The second-order valence-corrected chi connectivity index (χ2v) is 6.58. The molecule has 2 aromatic heterocycles. The Hall–Kier alpha value is -1.95. The fourth-order valence-electron chi connectivity index (χ4n) is 2.45. The largest absolute Gasteiger partial charge is 0.482 e. The van der Waals surface area contributed by atoms with Gasteiger partial charge in [-0.25, -0.2) is 4.98 Å². The van der Waals surface area contributed by atoms with E-state index in [9.17, 15) is 4.79 Å². The van der Waals surface area contributed by atoms with Crippen molar-refractivity contribution in [1.29, 1.82) is 0 Å². The average molecular weight is 317 g/mol. The molecule has 0 aromatic carbocycles. The van der Waals surface area contributed by atoms with Gasteiger partial charge in [0.1, 0.15) is 10.8 Å². The molecule has 2 heterocycles. The molecule has 3 rings (SSSR count). The molecule has 0 aliphatic heterocycles. The summed E-state index contributed by atoms with van der Waals surface area (Å²) >= 11 is 1.74. The minimum absolute atomic E-state index is 0.0211. The van der Waals surface area contributed by atoms with Gasteiger partial charge in [0.2, 0.25) is 0 Å². The van der Waals surface area contributed by atoms with Crippen LogP contribution in [-0.4, -0.2) is 34.4 Å². The molecule has 6 heteroatoms. The number of aryl methyl sites for hydroxylation is 2. The van der Waals surface area contributed by atoms with Crippen LogP contribution in [0.15, 0.2) is 24.5 Å². The van der Waals surface area contributed by atoms with Crippen molar-refractivity contribution in [3.05, 3.63) is 40.1 Å². The van der Waals surface area contributed by atoms with Crippen LogP contribution in [0.25, 0.3) is 0 Å². The monoisotopic (exact) mass is 317 g/mol. The van der Waals surface area contributed by atoms with Crippen LogP contribution in [0.2, 0.25) is 0 Å². The molecule has 1 aliphatic rings. The van der Waals surface area contributed by atoms with Crippen LogP contribution < -0.4 is 4.74 Å². The van der Waals surface area contributed by atoms with Gasteiger partial charge in [0, 0.05) is 18.1 Å². The van der Waals surface area contributed by atoms with Crippen LogP contribution in [0.3, 0.4) is 0 Å². The molecular weight excluding hydrogens is 298 g/mol. The molecule has 0 saturated carbocycles. The number of carbonyl (C=O) groups excluding carboxylic acids is 1. The van der Waals surface area contributed by atoms with E-state index in [1.165, 1.54) is 23.4 Å². The number of nitrogens with zero attached hydrogens (tertiary/aromatic N) is 3. The van der Waals surface area contributed by atoms with Gasteiger partial charge in [-0.1, -0.05) is 0 Å². The lowest BCUT2D eigenvalue weighted by atomic mass is 10.0. The number of likely N-dealkylation sites (N-methyl/N-ethyl adjacent to an activating group) is 1. The SMILES string of the molecule is CN(Cc1nc2c(s1)CCCC2)C(=O)COc1cccnc1. The predicted octanol–water partition coefficient (Wildman–Crippen LogP) is 2.45. The minimum Gasteiger partial charge on any atom is -0.482 e. The first kappa shape index (κ1) is 15.0. The van der Waals surface area contributed by atoms with Crippen molar-refractivity contribution < 1.29 is 9.53 Å². The van der Waals surface area contributed by atoms with Gasteiger partial charge in [0.25, 0.3) is 5.91 Å². The Morgan fingerprint density at radius 1 is 1.41 bits per heavy atom. The molecule has 0 N–H and O–H groups in total. The zero-order valence-electron chi connectivity index (χ0n) is 12.6. The highest BCUT2D eigenvalue weighted by Crippen LogP contribution is 2.27. The van der Waals surface area contributed by atoms with E-state index >= 15 is 0 Å². The standard InChI is InChI=1S/C16H19N3O2S/c1-19(16(20)11-21-12-5-4-8-17-9-12)10-15-18-13-6-2-3-7-14(13)22-15/h4-5,8-9H,2-3,6-7,10-11H2,1H3. The van der Waals surface area contributed by atoms with Gasteiger partial charge >= 0.3 is 0 Å². The lowest BCUT2D eigenvalue weighted by Crippen LogP contribution is -2.30. The van der Waals surface area contributed by atoms with Gasteiger partial charge in [-0.05, 0) is 37.8 Å². The summed E-state index contributed by atoms with van der Waals surface area (Å²) in [5, 5.41) is 1.02. The Morgan fingerprint density at radius 3 is 3.05 bits per heavy atom. The molecule has 22 heavy (non-hydrogen) atoms. The zero-order valence-corrected chi connectivity index (χ0v) is 13.4. The van der Waals surface area contributed by atoms with E-state index in [-0.39, 0.29) is 12.5 Å². The molecule has 2 aromatic rings. The molecule has 0 unspecified atom stereocenters. The maximum absolute atomic E-state index is 12.1. The summed E-state index contributed by atoms with van der Waals surface area (Å²) in [7, 11) is 1.79. The van der Waals surface area contributed by atoms with E-state index in [4.69, 9.17) is 4.74 Å². The van der Waals surface area contributed by atoms with Crippen molar-refractivity contribution in [3.63, 3.8) is 0 Å². The third-order valence-electron chi connectivity index (χ3n) is 3.68. The highest BCUT2D eigenvalue weighted by Gasteiger charge is 2.17. The van der Waals surface area contributed by atoms with Crippen LogP contribution in [0.4, 0.5) is 0 Å². The number of aromatic nitrogens is 2. The average Bonchev–Trinajstić information content (AvgIpc) is 2.95. The second kappa shape index (κ2) is 6.87. The summed E-state index contributed by atoms with van der Waals surface area (Å²) in [6.45, 7) is 0.570. The quantitative estimate of drug-likeness (QED) is 0.850. The van der Waals surface area contributed by atoms with E-state index in [1.54, 1.807) is 47.8 Å². The Labute approximate surface area is 134 Å². The Kier molecular flexibility index (Phi) is 4.68. The molecule has 0 bridgehead atoms. The van der Waals surface area contributed by atoms with Crippen LogP contribution in [0.1, 0.15) is 28.4 Å². The number of amides is 1. The number of hydrogen-bond acceptors (Lipinski definition) is 5. The van der Waals surface area contributed by atoms with Crippen molar-refractivity contribution in [2.75, 3.05) is 13.7 Å². The number of thiazole rings is 1. The fraction of sp³-hybridized carbons (Fsp3) is 0.438. The third-order valence-corrected chi connectivity index (χ3v) is 4.83. The lowest BCUT2D eigenvalue weighted by molar-refractivity contribution is -0.132. The third kappa shape index (κ3) is 3.62. The predicted molar refractivity (Wildman–Crippen MR) is 85.0 cm³/mol. The summed E-state index contributed by atoms with van der Waals surface area (Å²) in [6, 6.07) is 3.57. The van der Waals surface area contributed by atoms with Gasteiger partial charge in [0.15, 0.2) is 6.61 Å². The van der Waals surface area contributed by atoms with Crippen molar-refractivity contribution >= 4 is 17.2 Å². The Bertz CT molecular complexity index is 619. The van der Waals surface area contributed by atoms with Crippen LogP contribution in [0.5, 0.6) is 5.75 Å². The molecule has 0 atom stereocenters. The summed E-state index contributed by atoms with van der Waals surface area (Å²) in [5.74, 6) is 0.547. The van der Waals surface area contributed by atoms with E-state index in [2.05, 4.69) is 9.97 Å². The smallest absolute Gasteiger partial charge is 0.260 e. The van der Waals surface area contributed by atoms with Gasteiger partial charge in [-0.3, -0.25) is 9.78 Å². The van der Waals surface area contributed by atoms with Crippen molar-refractivity contribution in [1.82, 2.24) is 14.9 Å². The van der Waals surface area contributed by atoms with Crippen molar-refractivity contribution in [2.24, 2.45) is 0 Å². The Balaban J connectivity index is 1.53. The lowest BCUT2D eigenvalue weighted by Gasteiger charge is -2.15. The molecule has 5 nitrogen and oxygen atoms in total. The topological polar surface area (TPSA) is 55.3 Å². The van der Waals surface area contributed by atoms with Gasteiger partial charge < -0.3 is 9.64 Å². The minimum atomic E-state index is -0.0583. The molecule has 1 aliphatic carbocycles. The first-order valence-electron chi connectivity index (χ1n) is 7.46. The van der Waals surface area contributed by atoms with E-state index in [1.807, 2.05) is 0 Å². The molecule has 1 amide bonds. The fourth-order valence-corrected chi connectivity index (χ4v) is 3.66. The maximum atomic E-state index is 12.1. The first-order chi connectivity index (χ1) is 10.7. The van der Waals surface area contributed by atoms with Gasteiger partial charge in [-0.15, -0.1) is 11.3 Å². The second-order valence-electron chi connectivity index (χ2n) is 5.41. The van der Waals surface area contributed by atoms with E-state index in [0.29, 0.717) is 12.3 Å². The molecular formula is C16H19N3O2S. The van der Waals surface area contributed by atoms with Crippen LogP contribution in [0, 0.1) is 0 Å². The highest BCUT2D eigenvalue weighted by molar-refractivity contribution is 7.11. The number of ether oxygens (including phenoxy) is 1. The highest BCUT2D eigenvalue weighted by atomic mass is 32.1. The summed E-state index contributed by atoms with van der Waals surface area (Å²) < 4.78 is 5.44. The number of fused-ring (bicyclic) bond motifs is 1. The Morgan fingerprint density at radius 2 is 2.27 bits per heavy atom. The normalized spacial score (nSPS) is 13.5. The number of hydrogen-bond donors (Lipinski definition) is 0. The van der Waals surface area contributed by atoms with E-state index in [0.717, 1.165) is 17.8 Å². The first-order valence-corrected chi connectivity index (χ1v) is 8.28. The molecule has 116 valence electrons. The van der Waals surface area contributed by atoms with Crippen LogP contribution >= 0.6 is 11.3 Å². The summed E-state index contributed by atoms with van der Waals surface area (Å²) in [5.41, 5.74) is 1.23. The molecule has 0 radical (unpaired) electrons. The van der Waals surface area contributed by atoms with Gasteiger partial charge in [0.05, 0.1) is 18.4 Å². The number of rotatable bonds is 5. The molecule has 0 fully saturated rings. The summed E-state index contributed by atoms with van der Waals surface area (Å²) in [6.07, 6.45) is 7.96. The summed E-state index contributed by atoms with van der Waals surface area (Å²) in [4.78, 5) is 23.8. The van der Waals surface area contributed by atoms with Crippen molar-refractivity contribution in [3.8, 4) is 5.75 Å². The molecule has 0 spiro atoms. The number of carbonyl (C=O) groups is 1. The number of pyridine rings is 1. The van der Waals surface area contributed by atoms with Crippen molar-refractivity contribution in [2.45, 2.75) is 32.2 Å². The zero-order chi connectivity index (χ0) is 15.4.